The summed E-state index contributed by atoms with van der Waals surface area (Å²) in [5.74, 6) is -2.91. The Bertz CT molecular complexity index is 802. The number of fused-ring (bicyclic) bond motifs is 1. The highest BCUT2D eigenvalue weighted by Crippen LogP contribution is 2.34. The fourth-order valence-corrected chi connectivity index (χ4v) is 2.42. The van der Waals surface area contributed by atoms with Gasteiger partial charge in [-0.05, 0) is 42.0 Å². The van der Waals surface area contributed by atoms with Crippen LogP contribution in [0.4, 0.5) is 13.2 Å². The first-order valence-electron chi connectivity index (χ1n) is 6.41. The van der Waals surface area contributed by atoms with E-state index in [0.717, 1.165) is 24.3 Å². The molecule has 3 rings (SSSR count). The number of carbonyl (C=O) groups excluding carboxylic acids is 1. The van der Waals surface area contributed by atoms with Crippen molar-refractivity contribution in [2.45, 2.75) is 6.04 Å². The smallest absolute Gasteiger partial charge is 0.159 e. The van der Waals surface area contributed by atoms with Gasteiger partial charge in [0.1, 0.15) is 23.9 Å². The lowest BCUT2D eigenvalue weighted by Crippen LogP contribution is -2.27. The molecule has 112 valence electrons. The molecule has 22 heavy (non-hydrogen) atoms. The summed E-state index contributed by atoms with van der Waals surface area (Å²) < 4.78 is 39.7. The van der Waals surface area contributed by atoms with Crippen molar-refractivity contribution >= 4 is 17.7 Å². The van der Waals surface area contributed by atoms with Crippen LogP contribution in [-0.4, -0.2) is 11.4 Å². The molecule has 0 fully saturated rings. The quantitative estimate of drug-likeness (QED) is 0.837. The van der Waals surface area contributed by atoms with E-state index >= 15 is 0 Å². The van der Waals surface area contributed by atoms with E-state index in [1.165, 1.54) is 12.1 Å². The molecule has 0 amide bonds. The van der Waals surface area contributed by atoms with Crippen LogP contribution in [0.3, 0.4) is 0 Å². The summed E-state index contributed by atoms with van der Waals surface area (Å²) in [4.78, 5) is 11.2. The molecule has 2 aromatic carbocycles. The third-order valence-electron chi connectivity index (χ3n) is 3.48. The van der Waals surface area contributed by atoms with Gasteiger partial charge in [0.05, 0.1) is 5.70 Å². The van der Waals surface area contributed by atoms with Crippen LogP contribution in [0.1, 0.15) is 22.7 Å². The third-order valence-corrected chi connectivity index (χ3v) is 3.48. The van der Waals surface area contributed by atoms with Gasteiger partial charge in [-0.1, -0.05) is 0 Å². The predicted octanol–water partition coefficient (Wildman–Crippen LogP) is 3.33. The zero-order valence-corrected chi connectivity index (χ0v) is 11.1. The van der Waals surface area contributed by atoms with Crippen LogP contribution in [0.5, 0.6) is 0 Å². The average molecular weight is 305 g/mol. The van der Waals surface area contributed by atoms with Gasteiger partial charge in [0.25, 0.3) is 0 Å². The summed E-state index contributed by atoms with van der Waals surface area (Å²) in [5.41, 5.74) is 0.796. The highest BCUT2D eigenvalue weighted by Gasteiger charge is 2.27. The van der Waals surface area contributed by atoms with Crippen LogP contribution in [0.25, 0.3) is 11.5 Å². The largest absolute Gasteiger partial charge is 0.505 e. The minimum atomic E-state index is -1.08. The maximum Gasteiger partial charge on any atom is 0.159 e. The summed E-state index contributed by atoms with van der Waals surface area (Å²) in [6.07, 6.45) is 0.546. The second-order valence-corrected chi connectivity index (χ2v) is 4.84. The summed E-state index contributed by atoms with van der Waals surface area (Å²) in [7, 11) is 0. The molecular weight excluding hydrogens is 295 g/mol. The van der Waals surface area contributed by atoms with Crippen molar-refractivity contribution < 1.29 is 23.1 Å². The Balaban J connectivity index is 2.19. The molecule has 2 N–H and O–H groups in total. The van der Waals surface area contributed by atoms with Crippen molar-refractivity contribution in [1.82, 2.24) is 5.32 Å². The second-order valence-electron chi connectivity index (χ2n) is 4.84. The number of nitrogens with one attached hydrogen (secondary N) is 1. The predicted molar refractivity (Wildman–Crippen MR) is 74.1 cm³/mol. The maximum absolute atomic E-state index is 13.4. The highest BCUT2D eigenvalue weighted by atomic mass is 19.2. The van der Waals surface area contributed by atoms with E-state index in [2.05, 4.69) is 5.32 Å². The SMILES string of the molecule is O=CC1NC(c2ccc(F)c(F)c2)=C(O)c2ccc(F)cc21. The number of aldehydes is 1. The molecule has 0 bridgehead atoms. The molecule has 2 aromatic rings. The van der Waals surface area contributed by atoms with Gasteiger partial charge in [-0.25, -0.2) is 13.2 Å². The van der Waals surface area contributed by atoms with E-state index < -0.39 is 23.5 Å². The molecule has 0 aromatic heterocycles. The highest BCUT2D eigenvalue weighted by molar-refractivity contribution is 5.91. The number of halogens is 3. The second kappa shape index (κ2) is 5.22. The van der Waals surface area contributed by atoms with Gasteiger partial charge >= 0.3 is 0 Å². The first kappa shape index (κ1) is 14.2. The fourth-order valence-electron chi connectivity index (χ4n) is 2.42. The topological polar surface area (TPSA) is 49.3 Å². The molecule has 0 saturated carbocycles. The van der Waals surface area contributed by atoms with Crippen LogP contribution in [-0.2, 0) is 4.79 Å². The molecule has 0 saturated heterocycles. The number of hydrogen-bond acceptors (Lipinski definition) is 3. The Kier molecular flexibility index (Phi) is 3.36. The van der Waals surface area contributed by atoms with Crippen LogP contribution in [0.2, 0.25) is 0 Å². The molecule has 3 nitrogen and oxygen atoms in total. The zero-order valence-electron chi connectivity index (χ0n) is 11.1. The van der Waals surface area contributed by atoms with Crippen LogP contribution in [0, 0.1) is 17.5 Å². The van der Waals surface area contributed by atoms with Crippen LogP contribution in [0.15, 0.2) is 36.4 Å². The Morgan fingerprint density at radius 2 is 1.82 bits per heavy atom. The first-order chi connectivity index (χ1) is 10.5. The average Bonchev–Trinajstić information content (AvgIpc) is 2.50. The third kappa shape index (κ3) is 2.22. The Morgan fingerprint density at radius 3 is 2.50 bits per heavy atom. The van der Waals surface area contributed by atoms with E-state index in [-0.39, 0.29) is 28.1 Å². The van der Waals surface area contributed by atoms with E-state index in [1.54, 1.807) is 0 Å². The van der Waals surface area contributed by atoms with Gasteiger partial charge in [0.15, 0.2) is 11.6 Å². The van der Waals surface area contributed by atoms with Gasteiger partial charge in [-0.2, -0.15) is 0 Å². The minimum Gasteiger partial charge on any atom is -0.505 e. The molecular formula is C16H10F3NO2. The first-order valence-corrected chi connectivity index (χ1v) is 6.41. The van der Waals surface area contributed by atoms with Crippen LogP contribution < -0.4 is 5.32 Å². The van der Waals surface area contributed by atoms with E-state index in [9.17, 15) is 23.1 Å². The summed E-state index contributed by atoms with van der Waals surface area (Å²) in [5, 5.41) is 13.0. The monoisotopic (exact) mass is 305 g/mol. The molecule has 0 radical (unpaired) electrons. The van der Waals surface area contributed by atoms with Gasteiger partial charge in [0, 0.05) is 11.1 Å². The van der Waals surface area contributed by atoms with Crippen molar-refractivity contribution in [3.63, 3.8) is 0 Å². The molecule has 1 aliphatic rings. The molecule has 1 unspecified atom stereocenters. The standard InChI is InChI=1S/C16H10F3NO2/c17-9-2-3-10-11(6-9)14(7-21)20-15(16(10)22)8-1-4-12(18)13(19)5-8/h1-7,14,20,22H. The maximum atomic E-state index is 13.4. The molecule has 0 spiro atoms. The normalized spacial score (nSPS) is 17.0. The molecule has 1 aliphatic heterocycles. The van der Waals surface area contributed by atoms with Crippen molar-refractivity contribution in [2.75, 3.05) is 0 Å². The number of benzene rings is 2. The molecule has 1 heterocycles. The van der Waals surface area contributed by atoms with Crippen molar-refractivity contribution in [3.05, 3.63) is 70.5 Å². The number of rotatable bonds is 2. The van der Waals surface area contributed by atoms with E-state index in [0.29, 0.717) is 6.29 Å². The van der Waals surface area contributed by atoms with Gasteiger partial charge < -0.3 is 15.2 Å². The lowest BCUT2D eigenvalue weighted by molar-refractivity contribution is -0.109. The van der Waals surface area contributed by atoms with Crippen molar-refractivity contribution in [2.24, 2.45) is 0 Å². The number of carbonyl (C=O) groups is 1. The van der Waals surface area contributed by atoms with Crippen molar-refractivity contribution in [1.29, 1.82) is 0 Å². The number of aliphatic hydroxyl groups excluding tert-OH is 1. The Morgan fingerprint density at radius 1 is 1.05 bits per heavy atom. The summed E-state index contributed by atoms with van der Waals surface area (Å²) in [6.45, 7) is 0. The number of aliphatic hydroxyl groups is 1. The van der Waals surface area contributed by atoms with Crippen LogP contribution >= 0.6 is 0 Å². The Hall–Kier alpha value is -2.76. The van der Waals surface area contributed by atoms with Gasteiger partial charge in [-0.3, -0.25) is 0 Å². The van der Waals surface area contributed by atoms with Gasteiger partial charge in [0.2, 0.25) is 0 Å². The fraction of sp³-hybridized carbons (Fsp3) is 0.0625. The minimum absolute atomic E-state index is 0.0788. The zero-order chi connectivity index (χ0) is 15.9. The van der Waals surface area contributed by atoms with E-state index in [4.69, 9.17) is 0 Å². The lowest BCUT2D eigenvalue weighted by atomic mass is 9.92. The molecule has 1 atom stereocenters. The summed E-state index contributed by atoms with van der Waals surface area (Å²) in [6, 6.07) is 5.81. The van der Waals surface area contributed by atoms with Gasteiger partial charge in [-0.15, -0.1) is 0 Å². The molecule has 0 aliphatic carbocycles. The Labute approximate surface area is 123 Å². The number of hydrogen-bond donors (Lipinski definition) is 2. The lowest BCUT2D eigenvalue weighted by Gasteiger charge is -2.26. The summed E-state index contributed by atoms with van der Waals surface area (Å²) >= 11 is 0. The molecule has 6 heteroatoms. The van der Waals surface area contributed by atoms with E-state index in [1.807, 2.05) is 0 Å². The van der Waals surface area contributed by atoms with Crippen molar-refractivity contribution in [3.8, 4) is 0 Å².